The monoisotopic (exact) mass is 434 g/mol. The molecule has 168 valence electrons. The van der Waals surface area contributed by atoms with Gasteiger partial charge >= 0.3 is 5.97 Å². The van der Waals surface area contributed by atoms with Crippen LogP contribution in [0.1, 0.15) is 61.1 Å². The van der Waals surface area contributed by atoms with Crippen LogP contribution in [-0.2, 0) is 0 Å². The Balaban J connectivity index is 1.75. The molecule has 1 unspecified atom stereocenters. The molecule has 0 spiro atoms. The third kappa shape index (κ3) is 4.33. The van der Waals surface area contributed by atoms with Crippen LogP contribution in [0.5, 0.6) is 0 Å². The summed E-state index contributed by atoms with van der Waals surface area (Å²) in [5.41, 5.74) is 3.31. The first-order chi connectivity index (χ1) is 15.1. The van der Waals surface area contributed by atoms with Crippen molar-refractivity contribution in [3.05, 3.63) is 69.6 Å². The zero-order chi connectivity index (χ0) is 23.0. The van der Waals surface area contributed by atoms with Crippen LogP contribution in [0.15, 0.2) is 47.4 Å². The number of fused-ring (bicyclic) bond motifs is 1. The normalized spacial score (nSPS) is 16.7. The summed E-state index contributed by atoms with van der Waals surface area (Å²) in [5.74, 6) is -0.284. The van der Waals surface area contributed by atoms with E-state index < -0.39 is 5.97 Å². The molecule has 1 fully saturated rings. The van der Waals surface area contributed by atoms with E-state index in [1.54, 1.807) is 40.9 Å². The molecular formula is C25H30N4O3. The molecule has 2 N–H and O–H groups in total. The van der Waals surface area contributed by atoms with E-state index in [9.17, 15) is 14.7 Å². The van der Waals surface area contributed by atoms with E-state index in [0.717, 1.165) is 37.1 Å². The van der Waals surface area contributed by atoms with Gasteiger partial charge in [-0.05, 0) is 55.9 Å². The van der Waals surface area contributed by atoms with Crippen LogP contribution >= 0.6 is 0 Å². The molecule has 4 rings (SSSR count). The molecule has 0 aliphatic carbocycles. The highest BCUT2D eigenvalue weighted by Gasteiger charge is 2.27. The maximum atomic E-state index is 13.0. The summed E-state index contributed by atoms with van der Waals surface area (Å²) < 4.78 is 1.59. The van der Waals surface area contributed by atoms with Crippen molar-refractivity contribution >= 4 is 23.1 Å². The minimum Gasteiger partial charge on any atom is -0.478 e. The minimum absolute atomic E-state index is 0.113. The van der Waals surface area contributed by atoms with Crippen molar-refractivity contribution in [1.29, 1.82) is 0 Å². The van der Waals surface area contributed by atoms with E-state index in [-0.39, 0.29) is 17.2 Å². The lowest BCUT2D eigenvalue weighted by atomic mass is 9.83. The summed E-state index contributed by atoms with van der Waals surface area (Å²) in [7, 11) is 0. The molecule has 0 saturated carbocycles. The van der Waals surface area contributed by atoms with Crippen LogP contribution in [0.25, 0.3) is 5.65 Å². The molecule has 1 aliphatic rings. The second-order valence-electron chi connectivity index (χ2n) is 9.49. The van der Waals surface area contributed by atoms with Crippen molar-refractivity contribution in [2.75, 3.05) is 23.3 Å². The number of benzene rings is 1. The Labute approximate surface area is 187 Å². The summed E-state index contributed by atoms with van der Waals surface area (Å²) >= 11 is 0. The topological polar surface area (TPSA) is 86.9 Å². The van der Waals surface area contributed by atoms with Crippen molar-refractivity contribution in [1.82, 2.24) is 9.38 Å². The fourth-order valence-corrected chi connectivity index (χ4v) is 4.29. The SMILES string of the molecule is Cc1cc(C(C)Nc2ccccc2C(=O)O)c2nc(N3CCC(C)(C)CC3)cc(=O)n2c1. The molecule has 1 saturated heterocycles. The van der Waals surface area contributed by atoms with Gasteiger partial charge in [0.2, 0.25) is 0 Å². The fraction of sp³-hybridized carbons (Fsp3) is 0.400. The van der Waals surface area contributed by atoms with Crippen LogP contribution in [0.2, 0.25) is 0 Å². The molecule has 32 heavy (non-hydrogen) atoms. The molecule has 1 aliphatic heterocycles. The molecule has 7 heteroatoms. The number of aromatic carboxylic acids is 1. The van der Waals surface area contributed by atoms with Crippen LogP contribution in [-0.4, -0.2) is 33.6 Å². The largest absolute Gasteiger partial charge is 0.478 e. The van der Waals surface area contributed by atoms with Gasteiger partial charge in [0, 0.05) is 36.6 Å². The second-order valence-corrected chi connectivity index (χ2v) is 9.49. The number of piperidine rings is 1. The summed E-state index contributed by atoms with van der Waals surface area (Å²) in [4.78, 5) is 31.7. The van der Waals surface area contributed by atoms with E-state index in [1.165, 1.54) is 0 Å². The number of nitrogens with zero attached hydrogens (tertiary/aromatic N) is 3. The average molecular weight is 435 g/mol. The lowest BCUT2D eigenvalue weighted by molar-refractivity contribution is 0.0698. The lowest BCUT2D eigenvalue weighted by Crippen LogP contribution is -2.38. The minimum atomic E-state index is -0.987. The van der Waals surface area contributed by atoms with Gasteiger partial charge in [0.25, 0.3) is 5.56 Å². The Bertz CT molecular complexity index is 1220. The summed E-state index contributed by atoms with van der Waals surface area (Å²) in [5, 5.41) is 12.8. The number of carbonyl (C=O) groups is 1. The van der Waals surface area contributed by atoms with Crippen molar-refractivity contribution in [3.8, 4) is 0 Å². The fourth-order valence-electron chi connectivity index (χ4n) is 4.29. The van der Waals surface area contributed by atoms with Crippen LogP contribution in [0.3, 0.4) is 0 Å². The first kappa shape index (κ1) is 21.9. The van der Waals surface area contributed by atoms with Crippen LogP contribution < -0.4 is 15.8 Å². The zero-order valence-electron chi connectivity index (χ0n) is 19.1. The van der Waals surface area contributed by atoms with E-state index >= 15 is 0 Å². The molecule has 7 nitrogen and oxygen atoms in total. The van der Waals surface area contributed by atoms with Gasteiger partial charge in [0.1, 0.15) is 11.5 Å². The number of aryl methyl sites for hydroxylation is 1. The Morgan fingerprint density at radius 3 is 2.56 bits per heavy atom. The summed E-state index contributed by atoms with van der Waals surface area (Å²) in [6.07, 6.45) is 3.91. The molecule has 0 amide bonds. The molecule has 0 bridgehead atoms. The Hall–Kier alpha value is -3.35. The van der Waals surface area contributed by atoms with Gasteiger partial charge in [-0.2, -0.15) is 0 Å². The first-order valence-corrected chi connectivity index (χ1v) is 11.0. The molecule has 1 atom stereocenters. The predicted octanol–water partition coefficient (Wildman–Crippen LogP) is 4.50. The van der Waals surface area contributed by atoms with Crippen molar-refractivity contribution < 1.29 is 9.90 Å². The highest BCUT2D eigenvalue weighted by molar-refractivity contribution is 5.94. The smallest absolute Gasteiger partial charge is 0.337 e. The first-order valence-electron chi connectivity index (χ1n) is 11.0. The Morgan fingerprint density at radius 2 is 1.88 bits per heavy atom. The number of aromatic nitrogens is 2. The van der Waals surface area contributed by atoms with Crippen LogP contribution in [0.4, 0.5) is 11.5 Å². The third-order valence-electron chi connectivity index (χ3n) is 6.35. The maximum absolute atomic E-state index is 13.0. The number of anilines is 2. The van der Waals surface area contributed by atoms with Crippen molar-refractivity contribution in [3.63, 3.8) is 0 Å². The second kappa shape index (κ2) is 8.30. The van der Waals surface area contributed by atoms with E-state index in [2.05, 4.69) is 24.1 Å². The molecule has 3 heterocycles. The molecule has 1 aromatic carbocycles. The molecule has 3 aromatic rings. The average Bonchev–Trinajstić information content (AvgIpc) is 2.74. The van der Waals surface area contributed by atoms with E-state index in [0.29, 0.717) is 22.6 Å². The Kier molecular flexibility index (Phi) is 5.67. The quantitative estimate of drug-likeness (QED) is 0.615. The predicted molar refractivity (Wildman–Crippen MR) is 127 cm³/mol. The standard InChI is InChI=1S/C25H30N4O3/c1-16-13-19(17(2)26-20-8-6-5-7-18(20)24(31)32)23-27-21(14-22(30)29(23)15-16)28-11-9-25(3,4)10-12-28/h5-8,13-15,17,26H,9-12H2,1-4H3,(H,31,32). The van der Waals surface area contributed by atoms with Crippen molar-refractivity contribution in [2.45, 2.75) is 46.6 Å². The number of carboxylic acid groups (broad SMARTS) is 1. The number of pyridine rings is 1. The van der Waals surface area contributed by atoms with Gasteiger partial charge in [-0.1, -0.05) is 26.0 Å². The summed E-state index contributed by atoms with van der Waals surface area (Å²) in [6, 6.07) is 10.2. The van der Waals surface area contributed by atoms with Gasteiger partial charge in [-0.15, -0.1) is 0 Å². The number of carboxylic acids is 1. The number of hydrogen-bond acceptors (Lipinski definition) is 5. The molecule has 2 aromatic heterocycles. The maximum Gasteiger partial charge on any atom is 0.337 e. The van der Waals surface area contributed by atoms with Gasteiger partial charge in [0.15, 0.2) is 0 Å². The number of hydrogen-bond donors (Lipinski definition) is 2. The number of para-hydroxylation sites is 1. The molecule has 0 radical (unpaired) electrons. The van der Waals surface area contributed by atoms with E-state index in [4.69, 9.17) is 4.98 Å². The highest BCUT2D eigenvalue weighted by Crippen LogP contribution is 2.32. The van der Waals surface area contributed by atoms with Crippen molar-refractivity contribution in [2.24, 2.45) is 5.41 Å². The third-order valence-corrected chi connectivity index (χ3v) is 6.35. The van der Waals surface area contributed by atoms with E-state index in [1.807, 2.05) is 19.9 Å². The highest BCUT2D eigenvalue weighted by atomic mass is 16.4. The lowest BCUT2D eigenvalue weighted by Gasteiger charge is -2.37. The van der Waals surface area contributed by atoms with Gasteiger partial charge in [-0.25, -0.2) is 9.78 Å². The van der Waals surface area contributed by atoms with Crippen LogP contribution in [0, 0.1) is 12.3 Å². The molecular weight excluding hydrogens is 404 g/mol. The Morgan fingerprint density at radius 1 is 1.19 bits per heavy atom. The zero-order valence-corrected chi connectivity index (χ0v) is 19.1. The summed E-state index contributed by atoms with van der Waals surface area (Å²) in [6.45, 7) is 10.2. The van der Waals surface area contributed by atoms with Gasteiger partial charge in [0.05, 0.1) is 11.6 Å². The van der Waals surface area contributed by atoms with Gasteiger partial charge in [-0.3, -0.25) is 9.20 Å². The van der Waals surface area contributed by atoms with Gasteiger partial charge < -0.3 is 15.3 Å². The number of nitrogens with one attached hydrogen (secondary N) is 1. The number of rotatable bonds is 5.